The molecule has 1 amide bonds. The molecule has 1 aromatic rings. The number of amides is 1. The predicted octanol–water partition coefficient (Wildman–Crippen LogP) is 3.07. The maximum atomic E-state index is 12.3. The molecule has 7 heteroatoms. The van der Waals surface area contributed by atoms with Gasteiger partial charge in [-0.3, -0.25) is 4.79 Å². The van der Waals surface area contributed by atoms with E-state index < -0.39 is 18.6 Å². The van der Waals surface area contributed by atoms with E-state index in [2.05, 4.69) is 4.98 Å². The van der Waals surface area contributed by atoms with Crippen LogP contribution in [0.5, 0.6) is 0 Å². The molecule has 0 aliphatic heterocycles. The zero-order chi connectivity index (χ0) is 13.9. The highest BCUT2D eigenvalue weighted by Crippen LogP contribution is 2.19. The lowest BCUT2D eigenvalue weighted by atomic mass is 10.2. The number of aromatic nitrogens is 1. The molecule has 0 spiro atoms. The van der Waals surface area contributed by atoms with Gasteiger partial charge in [-0.25, -0.2) is 4.98 Å². The Bertz CT molecular complexity index is 428. The number of nitrogens with zero attached hydrogens (tertiary/aromatic N) is 2. The fraction of sp³-hybridized carbons (Fsp3) is 0.455. The highest BCUT2D eigenvalue weighted by atomic mass is 35.5. The van der Waals surface area contributed by atoms with E-state index in [1.807, 2.05) is 0 Å². The summed E-state index contributed by atoms with van der Waals surface area (Å²) in [5.41, 5.74) is 0.590. The third-order valence-electron chi connectivity index (χ3n) is 2.21. The van der Waals surface area contributed by atoms with Gasteiger partial charge >= 0.3 is 6.18 Å². The van der Waals surface area contributed by atoms with Crippen molar-refractivity contribution in [1.82, 2.24) is 9.88 Å². The van der Waals surface area contributed by atoms with Crippen molar-refractivity contribution in [2.45, 2.75) is 20.0 Å². The Kier molecular flexibility index (Phi) is 4.56. The van der Waals surface area contributed by atoms with Crippen molar-refractivity contribution in [1.29, 1.82) is 0 Å². The molecule has 0 radical (unpaired) electrons. The molecule has 0 atom stereocenters. The van der Waals surface area contributed by atoms with Crippen LogP contribution < -0.4 is 0 Å². The van der Waals surface area contributed by atoms with Crippen molar-refractivity contribution >= 4 is 17.5 Å². The van der Waals surface area contributed by atoms with Gasteiger partial charge in [0.15, 0.2) is 0 Å². The molecule has 0 saturated heterocycles. The van der Waals surface area contributed by atoms with Crippen LogP contribution in [0.15, 0.2) is 12.1 Å². The second kappa shape index (κ2) is 5.56. The van der Waals surface area contributed by atoms with Crippen LogP contribution in [0.4, 0.5) is 13.2 Å². The van der Waals surface area contributed by atoms with Crippen molar-refractivity contribution in [3.8, 4) is 0 Å². The predicted molar refractivity (Wildman–Crippen MR) is 61.6 cm³/mol. The first kappa shape index (κ1) is 14.8. The quantitative estimate of drug-likeness (QED) is 0.797. The summed E-state index contributed by atoms with van der Waals surface area (Å²) in [4.78, 5) is 16.5. The summed E-state index contributed by atoms with van der Waals surface area (Å²) in [7, 11) is 0. The third kappa shape index (κ3) is 4.18. The van der Waals surface area contributed by atoms with Gasteiger partial charge in [0.05, 0.1) is 0 Å². The Morgan fingerprint density at radius 2 is 2.06 bits per heavy atom. The first-order valence-corrected chi connectivity index (χ1v) is 5.61. The standard InChI is InChI=1S/C11H12ClF3N2O/c1-3-17(6-11(13,14)15)10(18)8-4-7(2)16-9(12)5-8/h4-5H,3,6H2,1-2H3. The minimum atomic E-state index is -4.42. The van der Waals surface area contributed by atoms with E-state index in [1.54, 1.807) is 6.92 Å². The van der Waals surface area contributed by atoms with Crippen molar-refractivity contribution < 1.29 is 18.0 Å². The van der Waals surface area contributed by atoms with Gasteiger partial charge < -0.3 is 4.90 Å². The van der Waals surface area contributed by atoms with Crippen LogP contribution in [0.3, 0.4) is 0 Å². The summed E-state index contributed by atoms with van der Waals surface area (Å²) in [6.45, 7) is 1.79. The van der Waals surface area contributed by atoms with E-state index in [0.29, 0.717) is 10.6 Å². The Labute approximate surface area is 108 Å². The molecule has 3 nitrogen and oxygen atoms in total. The number of pyridine rings is 1. The van der Waals surface area contributed by atoms with E-state index in [-0.39, 0.29) is 17.3 Å². The maximum Gasteiger partial charge on any atom is 0.406 e. The molecule has 0 unspecified atom stereocenters. The van der Waals surface area contributed by atoms with Gasteiger partial charge in [-0.2, -0.15) is 13.2 Å². The lowest BCUT2D eigenvalue weighted by Gasteiger charge is -2.22. The van der Waals surface area contributed by atoms with Gasteiger partial charge in [0.2, 0.25) is 0 Å². The van der Waals surface area contributed by atoms with Crippen LogP contribution in [-0.4, -0.2) is 35.1 Å². The van der Waals surface area contributed by atoms with Crippen LogP contribution >= 0.6 is 11.6 Å². The minimum absolute atomic E-state index is 0.0304. The third-order valence-corrected chi connectivity index (χ3v) is 2.40. The number of aryl methyl sites for hydroxylation is 1. The fourth-order valence-electron chi connectivity index (χ4n) is 1.48. The fourth-order valence-corrected chi connectivity index (χ4v) is 1.73. The Morgan fingerprint density at radius 3 is 2.50 bits per heavy atom. The molecule has 100 valence electrons. The number of alkyl halides is 3. The van der Waals surface area contributed by atoms with Crippen LogP contribution in [0.25, 0.3) is 0 Å². The molecule has 0 aliphatic carbocycles. The normalized spacial score (nSPS) is 11.4. The van der Waals surface area contributed by atoms with E-state index in [0.717, 1.165) is 0 Å². The van der Waals surface area contributed by atoms with Gasteiger partial charge in [-0.05, 0) is 26.0 Å². The molecule has 1 aromatic heterocycles. The molecule has 1 rings (SSSR count). The van der Waals surface area contributed by atoms with Crippen molar-refractivity contribution in [2.24, 2.45) is 0 Å². The molecule has 0 N–H and O–H groups in total. The SMILES string of the molecule is CCN(CC(F)(F)F)C(=O)c1cc(C)nc(Cl)c1. The summed E-state index contributed by atoms with van der Waals surface area (Å²) < 4.78 is 36.9. The van der Waals surface area contributed by atoms with E-state index in [4.69, 9.17) is 11.6 Å². The molecular formula is C11H12ClF3N2O. The molecule has 18 heavy (non-hydrogen) atoms. The zero-order valence-corrected chi connectivity index (χ0v) is 10.6. The average molecular weight is 281 g/mol. The van der Waals surface area contributed by atoms with Crippen LogP contribution in [0.1, 0.15) is 23.0 Å². The first-order chi connectivity index (χ1) is 8.23. The van der Waals surface area contributed by atoms with Gasteiger partial charge in [-0.15, -0.1) is 0 Å². The molecule has 0 fully saturated rings. The van der Waals surface area contributed by atoms with E-state index >= 15 is 0 Å². The highest BCUT2D eigenvalue weighted by Gasteiger charge is 2.32. The van der Waals surface area contributed by atoms with Gasteiger partial charge in [0, 0.05) is 17.8 Å². The van der Waals surface area contributed by atoms with Gasteiger partial charge in [-0.1, -0.05) is 11.6 Å². The lowest BCUT2D eigenvalue weighted by Crippen LogP contribution is -2.38. The Hall–Kier alpha value is -1.30. The molecule has 0 saturated carbocycles. The zero-order valence-electron chi connectivity index (χ0n) is 9.88. The largest absolute Gasteiger partial charge is 0.406 e. The summed E-state index contributed by atoms with van der Waals surface area (Å²) in [5.74, 6) is -0.706. The Morgan fingerprint density at radius 1 is 1.44 bits per heavy atom. The second-order valence-corrected chi connectivity index (χ2v) is 4.14. The highest BCUT2D eigenvalue weighted by molar-refractivity contribution is 6.29. The van der Waals surface area contributed by atoms with Gasteiger partial charge in [0.25, 0.3) is 5.91 Å². The minimum Gasteiger partial charge on any atom is -0.330 e. The monoisotopic (exact) mass is 280 g/mol. The molecule has 0 aliphatic rings. The molecule has 1 heterocycles. The van der Waals surface area contributed by atoms with Crippen molar-refractivity contribution in [3.05, 3.63) is 28.5 Å². The second-order valence-electron chi connectivity index (χ2n) is 3.75. The average Bonchev–Trinajstić information content (AvgIpc) is 2.22. The van der Waals surface area contributed by atoms with Crippen molar-refractivity contribution in [3.63, 3.8) is 0 Å². The summed E-state index contributed by atoms with van der Waals surface area (Å²) in [6.07, 6.45) is -4.42. The molecule has 0 bridgehead atoms. The summed E-state index contributed by atoms with van der Waals surface area (Å²) >= 11 is 5.67. The first-order valence-electron chi connectivity index (χ1n) is 5.23. The van der Waals surface area contributed by atoms with Crippen LogP contribution in [0.2, 0.25) is 5.15 Å². The number of carbonyl (C=O) groups excluding carboxylic acids is 1. The number of hydrogen-bond donors (Lipinski definition) is 0. The number of rotatable bonds is 3. The number of carbonyl (C=O) groups is 1. The summed E-state index contributed by atoms with van der Waals surface area (Å²) in [5, 5.41) is 0.0846. The smallest absolute Gasteiger partial charge is 0.330 e. The number of hydrogen-bond acceptors (Lipinski definition) is 2. The topological polar surface area (TPSA) is 33.2 Å². The number of halogens is 4. The molecule has 0 aromatic carbocycles. The molecular weight excluding hydrogens is 269 g/mol. The Balaban J connectivity index is 2.96. The lowest BCUT2D eigenvalue weighted by molar-refractivity contribution is -0.140. The van der Waals surface area contributed by atoms with Crippen LogP contribution in [-0.2, 0) is 0 Å². The van der Waals surface area contributed by atoms with E-state index in [9.17, 15) is 18.0 Å². The van der Waals surface area contributed by atoms with Gasteiger partial charge in [0.1, 0.15) is 11.7 Å². The summed E-state index contributed by atoms with van der Waals surface area (Å²) in [6, 6.07) is 2.67. The maximum absolute atomic E-state index is 12.3. The van der Waals surface area contributed by atoms with E-state index in [1.165, 1.54) is 19.1 Å². The van der Waals surface area contributed by atoms with Crippen molar-refractivity contribution in [2.75, 3.05) is 13.1 Å². The van der Waals surface area contributed by atoms with Crippen LogP contribution in [0, 0.1) is 6.92 Å².